The van der Waals surface area contributed by atoms with E-state index >= 15 is 0 Å². The van der Waals surface area contributed by atoms with Gasteiger partial charge in [-0.1, -0.05) is 6.07 Å². The van der Waals surface area contributed by atoms with Gasteiger partial charge in [-0.15, -0.1) is 22.9 Å². The molecule has 0 spiro atoms. The van der Waals surface area contributed by atoms with Crippen LogP contribution in [0, 0.1) is 0 Å². The Morgan fingerprint density at radius 2 is 2.17 bits per heavy atom. The maximum atomic E-state index is 5.89. The molecule has 0 radical (unpaired) electrons. The van der Waals surface area contributed by atoms with E-state index in [9.17, 15) is 0 Å². The predicted octanol–water partition coefficient (Wildman–Crippen LogP) is 4.84. The summed E-state index contributed by atoms with van der Waals surface area (Å²) in [5.74, 6) is 1.97. The van der Waals surface area contributed by atoms with E-state index in [1.165, 1.54) is 0 Å². The summed E-state index contributed by atoms with van der Waals surface area (Å²) in [7, 11) is 1.63. The molecule has 1 aromatic heterocycles. The van der Waals surface area contributed by atoms with Crippen molar-refractivity contribution >= 4 is 38.9 Å². The minimum absolute atomic E-state index is 0.424. The average Bonchev–Trinajstić information content (AvgIpc) is 2.81. The first-order chi connectivity index (χ1) is 8.72. The minimum Gasteiger partial charge on any atom is -0.497 e. The molecule has 0 bridgehead atoms. The first kappa shape index (κ1) is 13.7. The zero-order chi connectivity index (χ0) is 13.0. The summed E-state index contributed by atoms with van der Waals surface area (Å²) in [6.07, 6.45) is 0. The normalized spacial score (nSPS) is 10.4. The fourth-order valence-corrected chi connectivity index (χ4v) is 3.07. The van der Waals surface area contributed by atoms with E-state index in [-0.39, 0.29) is 0 Å². The highest BCUT2D eigenvalue weighted by Gasteiger charge is 2.06. The van der Waals surface area contributed by atoms with Gasteiger partial charge in [0.15, 0.2) is 0 Å². The molecular formula is C13H12BrClO2S. The van der Waals surface area contributed by atoms with Crippen LogP contribution in [0.2, 0.25) is 0 Å². The van der Waals surface area contributed by atoms with Gasteiger partial charge in [-0.2, -0.15) is 0 Å². The highest BCUT2D eigenvalue weighted by Crippen LogP contribution is 2.28. The van der Waals surface area contributed by atoms with Crippen molar-refractivity contribution in [1.29, 1.82) is 0 Å². The van der Waals surface area contributed by atoms with Gasteiger partial charge in [-0.3, -0.25) is 0 Å². The largest absolute Gasteiger partial charge is 0.497 e. The van der Waals surface area contributed by atoms with Gasteiger partial charge in [0.2, 0.25) is 0 Å². The van der Waals surface area contributed by atoms with Crippen LogP contribution >= 0.6 is 38.9 Å². The topological polar surface area (TPSA) is 18.5 Å². The van der Waals surface area contributed by atoms with Crippen LogP contribution in [0.4, 0.5) is 0 Å². The Bertz CT molecular complexity index is 527. The Morgan fingerprint density at radius 3 is 2.78 bits per heavy atom. The number of alkyl halides is 1. The van der Waals surface area contributed by atoms with Crippen molar-refractivity contribution in [1.82, 2.24) is 0 Å². The van der Waals surface area contributed by atoms with Crippen LogP contribution in [0.25, 0.3) is 0 Å². The second-order valence-electron chi connectivity index (χ2n) is 3.63. The van der Waals surface area contributed by atoms with Gasteiger partial charge in [0.25, 0.3) is 0 Å². The Morgan fingerprint density at radius 1 is 1.33 bits per heavy atom. The van der Waals surface area contributed by atoms with E-state index < -0.39 is 0 Å². The van der Waals surface area contributed by atoms with Crippen molar-refractivity contribution in [2.75, 3.05) is 7.11 Å². The molecule has 0 fully saturated rings. The predicted molar refractivity (Wildman–Crippen MR) is 78.9 cm³/mol. The first-order valence-electron chi connectivity index (χ1n) is 5.31. The second-order valence-corrected chi connectivity index (χ2v) is 5.81. The lowest BCUT2D eigenvalue weighted by Crippen LogP contribution is -1.97. The summed E-state index contributed by atoms with van der Waals surface area (Å²) < 4.78 is 12.1. The van der Waals surface area contributed by atoms with Gasteiger partial charge in [0.1, 0.15) is 18.1 Å². The molecule has 0 atom stereocenters. The van der Waals surface area contributed by atoms with E-state index in [1.54, 1.807) is 18.4 Å². The second kappa shape index (κ2) is 6.45. The molecule has 96 valence electrons. The molecular weight excluding hydrogens is 336 g/mol. The Kier molecular flexibility index (Phi) is 4.92. The van der Waals surface area contributed by atoms with E-state index in [0.717, 1.165) is 26.4 Å². The van der Waals surface area contributed by atoms with E-state index in [0.29, 0.717) is 12.5 Å². The molecule has 0 aliphatic carbocycles. The summed E-state index contributed by atoms with van der Waals surface area (Å²) in [4.78, 5) is 1.16. The van der Waals surface area contributed by atoms with Crippen molar-refractivity contribution < 1.29 is 9.47 Å². The average molecular weight is 348 g/mol. The van der Waals surface area contributed by atoms with E-state index in [4.69, 9.17) is 21.1 Å². The lowest BCUT2D eigenvalue weighted by Gasteiger charge is -2.10. The Balaban J connectivity index is 2.11. The molecule has 2 rings (SSSR count). The molecule has 1 aromatic carbocycles. The van der Waals surface area contributed by atoms with Crippen molar-refractivity contribution in [2.24, 2.45) is 0 Å². The molecule has 2 nitrogen and oxygen atoms in total. The van der Waals surface area contributed by atoms with Crippen LogP contribution in [0.3, 0.4) is 0 Å². The number of hydrogen-bond donors (Lipinski definition) is 0. The molecule has 0 aliphatic heterocycles. The molecule has 0 aliphatic rings. The van der Waals surface area contributed by atoms with Gasteiger partial charge in [-0.05, 0) is 28.1 Å². The highest BCUT2D eigenvalue weighted by molar-refractivity contribution is 9.10. The van der Waals surface area contributed by atoms with Crippen LogP contribution in [0.5, 0.6) is 11.5 Å². The standard InChI is InChI=1S/C13H12BrClO2S/c1-16-11-3-2-9(6-15)13(5-11)17-7-12-4-10(14)8-18-12/h2-5,8H,6-7H2,1H3. The van der Waals surface area contributed by atoms with E-state index in [1.807, 2.05) is 29.6 Å². The van der Waals surface area contributed by atoms with Gasteiger partial charge >= 0.3 is 0 Å². The quantitative estimate of drug-likeness (QED) is 0.721. The number of hydrogen-bond acceptors (Lipinski definition) is 3. The minimum atomic E-state index is 0.424. The number of halogens is 2. The first-order valence-corrected chi connectivity index (χ1v) is 7.52. The highest BCUT2D eigenvalue weighted by atomic mass is 79.9. The molecule has 0 saturated heterocycles. The molecule has 0 N–H and O–H groups in total. The molecule has 2 aromatic rings. The molecule has 0 unspecified atom stereocenters. The summed E-state index contributed by atoms with van der Waals surface area (Å²) in [6, 6.07) is 7.71. The van der Waals surface area contributed by atoms with Crippen LogP contribution in [-0.4, -0.2) is 7.11 Å². The van der Waals surface area contributed by atoms with Crippen molar-refractivity contribution in [3.8, 4) is 11.5 Å². The number of methoxy groups -OCH3 is 1. The third kappa shape index (κ3) is 3.40. The zero-order valence-corrected chi connectivity index (χ0v) is 12.9. The maximum Gasteiger partial charge on any atom is 0.127 e. The van der Waals surface area contributed by atoms with Crippen LogP contribution in [-0.2, 0) is 12.5 Å². The molecule has 0 amide bonds. The number of rotatable bonds is 5. The summed E-state index contributed by atoms with van der Waals surface area (Å²) in [5.41, 5.74) is 0.966. The van der Waals surface area contributed by atoms with Gasteiger partial charge < -0.3 is 9.47 Å². The third-order valence-corrected chi connectivity index (χ3v) is 4.37. The Hall–Kier alpha value is -0.710. The number of thiophene rings is 1. The Labute approximate surface area is 124 Å². The molecule has 0 saturated carbocycles. The number of ether oxygens (including phenoxy) is 2. The molecule has 1 heterocycles. The van der Waals surface area contributed by atoms with Gasteiger partial charge in [0.05, 0.1) is 13.0 Å². The molecule has 5 heteroatoms. The van der Waals surface area contributed by atoms with Crippen molar-refractivity contribution in [3.05, 3.63) is 44.6 Å². The fraction of sp³-hybridized carbons (Fsp3) is 0.231. The third-order valence-electron chi connectivity index (χ3n) is 2.41. The zero-order valence-electron chi connectivity index (χ0n) is 9.78. The van der Waals surface area contributed by atoms with E-state index in [2.05, 4.69) is 15.9 Å². The smallest absolute Gasteiger partial charge is 0.127 e. The van der Waals surface area contributed by atoms with Crippen LogP contribution in [0.15, 0.2) is 34.1 Å². The summed E-state index contributed by atoms with van der Waals surface area (Å²) >= 11 is 11.0. The lowest BCUT2D eigenvalue weighted by molar-refractivity contribution is 0.304. The summed E-state index contributed by atoms with van der Waals surface area (Å²) in [5, 5.41) is 2.03. The van der Waals surface area contributed by atoms with Gasteiger partial charge in [0, 0.05) is 26.4 Å². The van der Waals surface area contributed by atoms with Crippen molar-refractivity contribution in [3.63, 3.8) is 0 Å². The maximum absolute atomic E-state index is 5.89. The SMILES string of the molecule is COc1ccc(CCl)c(OCc2cc(Br)cs2)c1. The van der Waals surface area contributed by atoms with Gasteiger partial charge in [-0.25, -0.2) is 0 Å². The van der Waals surface area contributed by atoms with Crippen LogP contribution < -0.4 is 9.47 Å². The van der Waals surface area contributed by atoms with Crippen LogP contribution in [0.1, 0.15) is 10.4 Å². The number of benzene rings is 1. The summed E-state index contributed by atoms with van der Waals surface area (Å²) in [6.45, 7) is 0.535. The lowest BCUT2D eigenvalue weighted by atomic mass is 10.2. The van der Waals surface area contributed by atoms with Crippen molar-refractivity contribution in [2.45, 2.75) is 12.5 Å². The fourth-order valence-electron chi connectivity index (χ4n) is 1.48. The molecule has 18 heavy (non-hydrogen) atoms. The monoisotopic (exact) mass is 346 g/mol.